The minimum atomic E-state index is -0.379. The monoisotopic (exact) mass is 1110 g/mol. The summed E-state index contributed by atoms with van der Waals surface area (Å²) < 4.78 is 6.92. The molecule has 7 aromatic rings. The number of aryl methyl sites for hydroxylation is 1. The Labute approximate surface area is 370 Å². The maximum absolute atomic E-state index is 14.8. The van der Waals surface area contributed by atoms with Crippen LogP contribution in [0.4, 0.5) is 11.4 Å². The Bertz CT molecular complexity index is 2730. The van der Waals surface area contributed by atoms with Crippen LogP contribution < -0.4 is 73.4 Å². The van der Waals surface area contributed by atoms with E-state index >= 15 is 0 Å². The maximum atomic E-state index is 14.8. The van der Waals surface area contributed by atoms with Crippen molar-refractivity contribution >= 4 is 78.1 Å². The first-order valence-corrected chi connectivity index (χ1v) is 28.1. The standard InChI is InChI=1S/C49H44I3N2O4/c1-5-8-23-50-29-12-22-39(52-25-10-7-3)41(27-29)54-48(57)36-19-15-32-30-13-17-34-44-35(18-14-31(42(30)44)33-16-20-37(49(54)58)45(36)43(32)33)47(56)53(46(34)55)40-26-28(4)11-21-38(40)51-24-9-6-2/h11-22,26-27H,5-10,23-25H2,1-4H3/q-3. The van der Waals surface area contributed by atoms with E-state index in [1.165, 1.54) is 24.2 Å². The van der Waals surface area contributed by atoms with E-state index in [1.807, 2.05) is 61.5 Å². The molecule has 2 aliphatic heterocycles. The number of nitrogens with zero attached hydrogens (tertiary/aromatic N) is 2. The van der Waals surface area contributed by atoms with Crippen molar-refractivity contribution in [1.82, 2.24) is 0 Å². The Morgan fingerprint density at radius 3 is 1.22 bits per heavy atom. The first-order chi connectivity index (χ1) is 28.3. The van der Waals surface area contributed by atoms with Gasteiger partial charge < -0.3 is 0 Å². The molecule has 0 atom stereocenters. The number of anilines is 2. The molecule has 0 saturated heterocycles. The molecule has 0 saturated carbocycles. The summed E-state index contributed by atoms with van der Waals surface area (Å²) in [6, 6.07) is 28.3. The van der Waals surface area contributed by atoms with Gasteiger partial charge in [0.15, 0.2) is 0 Å². The summed E-state index contributed by atoms with van der Waals surface area (Å²) in [5, 5.41) is 6.70. The van der Waals surface area contributed by atoms with Crippen molar-refractivity contribution < 1.29 is 82.8 Å². The SMILES string of the molecule is CCCC[I-]c1ccc([I-]CCCC)c(N2C(=O)c3ccc4c5ccc6c7c(ccc(c8ccc(c3c48)C2=O)c75)C(=O)N(c2cc(C)ccc2[I-]CCCC)C6=O)c1. The van der Waals surface area contributed by atoms with Gasteiger partial charge in [0.25, 0.3) is 0 Å². The van der Waals surface area contributed by atoms with Crippen LogP contribution in [-0.4, -0.2) is 36.9 Å². The van der Waals surface area contributed by atoms with E-state index in [9.17, 15) is 19.2 Å². The Hall–Kier alpha value is -3.69. The van der Waals surface area contributed by atoms with Crippen LogP contribution in [0.2, 0.25) is 0 Å². The molecular weight excluding hydrogens is 1060 g/mol. The number of unbranched alkanes of at least 4 members (excludes halogenated alkanes) is 3. The molecule has 9 rings (SSSR count). The average Bonchev–Trinajstić information content (AvgIpc) is 3.23. The average molecular weight is 1110 g/mol. The molecule has 58 heavy (non-hydrogen) atoms. The predicted molar refractivity (Wildman–Crippen MR) is 223 cm³/mol. The number of benzene rings is 7. The molecule has 0 fully saturated rings. The molecule has 9 heteroatoms. The Kier molecular flexibility index (Phi) is 11.2. The quantitative estimate of drug-likeness (QED) is 0.0417. The zero-order valence-electron chi connectivity index (χ0n) is 33.1. The summed E-state index contributed by atoms with van der Waals surface area (Å²) in [6.45, 7) is 8.61. The van der Waals surface area contributed by atoms with Crippen molar-refractivity contribution in [3.8, 4) is 0 Å². The number of rotatable bonds is 14. The van der Waals surface area contributed by atoms with Crippen molar-refractivity contribution in [3.05, 3.63) is 123 Å². The second kappa shape index (κ2) is 16.4. The second-order valence-electron chi connectivity index (χ2n) is 15.1. The number of halogens is 3. The van der Waals surface area contributed by atoms with E-state index in [4.69, 9.17) is 0 Å². The van der Waals surface area contributed by atoms with Crippen LogP contribution in [-0.2, 0) is 0 Å². The Morgan fingerprint density at radius 2 is 0.810 bits per heavy atom. The zero-order chi connectivity index (χ0) is 40.2. The summed E-state index contributed by atoms with van der Waals surface area (Å²) >= 11 is -0.976. The summed E-state index contributed by atoms with van der Waals surface area (Å²) in [5.74, 6) is -1.14. The van der Waals surface area contributed by atoms with Crippen LogP contribution >= 0.6 is 0 Å². The van der Waals surface area contributed by atoms with E-state index in [0.717, 1.165) is 91.7 Å². The van der Waals surface area contributed by atoms with Gasteiger partial charge in [-0.3, -0.25) is 0 Å². The molecule has 4 amide bonds. The summed E-state index contributed by atoms with van der Waals surface area (Å²) in [7, 11) is 0. The first kappa shape index (κ1) is 39.8. The topological polar surface area (TPSA) is 74.8 Å². The van der Waals surface area contributed by atoms with Crippen LogP contribution in [0.15, 0.2) is 84.9 Å². The molecule has 0 unspecified atom stereocenters. The van der Waals surface area contributed by atoms with Gasteiger partial charge in [-0.1, -0.05) is 0 Å². The second-order valence-corrected chi connectivity index (χ2v) is 24.2. The number of hydrogen-bond donors (Lipinski definition) is 0. The summed E-state index contributed by atoms with van der Waals surface area (Å²) in [5.41, 5.74) is 4.60. The van der Waals surface area contributed by atoms with Crippen LogP contribution in [0.5, 0.6) is 0 Å². The molecule has 0 N–H and O–H groups in total. The molecule has 2 aliphatic rings. The van der Waals surface area contributed by atoms with E-state index < -0.39 is 0 Å². The molecule has 298 valence electrons. The van der Waals surface area contributed by atoms with Gasteiger partial charge in [0, 0.05) is 0 Å². The number of hydrogen-bond acceptors (Lipinski definition) is 4. The normalized spacial score (nSPS) is 14.3. The van der Waals surface area contributed by atoms with Gasteiger partial charge in [0.05, 0.1) is 0 Å². The number of fused-ring (bicyclic) bond motifs is 2. The third-order valence-corrected chi connectivity index (χ3v) is 20.2. The van der Waals surface area contributed by atoms with E-state index in [1.54, 1.807) is 0 Å². The van der Waals surface area contributed by atoms with E-state index in [2.05, 4.69) is 51.1 Å². The Balaban J connectivity index is 1.18. The van der Waals surface area contributed by atoms with Gasteiger partial charge in [-0.15, -0.1) is 0 Å². The van der Waals surface area contributed by atoms with Gasteiger partial charge in [0.1, 0.15) is 0 Å². The predicted octanol–water partition coefficient (Wildman–Crippen LogP) is 1.82. The van der Waals surface area contributed by atoms with Crippen molar-refractivity contribution in [2.24, 2.45) is 0 Å². The molecule has 0 spiro atoms. The van der Waals surface area contributed by atoms with Crippen LogP contribution in [0.25, 0.3) is 43.1 Å². The van der Waals surface area contributed by atoms with Crippen molar-refractivity contribution in [1.29, 1.82) is 0 Å². The molecule has 7 aromatic carbocycles. The fraction of sp³-hybridized carbons (Fsp3) is 0.265. The number of carbonyl (C=O) groups excluding carboxylic acids is 4. The fourth-order valence-corrected chi connectivity index (χ4v) is 17.0. The number of carbonyl (C=O) groups is 4. The molecule has 0 aliphatic carbocycles. The van der Waals surface area contributed by atoms with Gasteiger partial charge in [0.2, 0.25) is 0 Å². The van der Waals surface area contributed by atoms with Gasteiger partial charge in [-0.2, -0.15) is 0 Å². The third-order valence-electron chi connectivity index (χ3n) is 11.3. The Morgan fingerprint density at radius 1 is 0.431 bits per heavy atom. The van der Waals surface area contributed by atoms with Crippen molar-refractivity contribution in [2.45, 2.75) is 66.2 Å². The number of alkyl halides is 3. The number of amides is 4. The first-order valence-electron chi connectivity index (χ1n) is 20.3. The van der Waals surface area contributed by atoms with Crippen molar-refractivity contribution in [2.75, 3.05) is 23.1 Å². The summed E-state index contributed by atoms with van der Waals surface area (Å²) in [6.07, 6.45) is 6.85. The van der Waals surface area contributed by atoms with Gasteiger partial charge in [-0.05, 0) is 0 Å². The molecule has 0 aromatic heterocycles. The van der Waals surface area contributed by atoms with Crippen LogP contribution in [0.1, 0.15) is 106 Å². The van der Waals surface area contributed by atoms with Crippen LogP contribution in [0.3, 0.4) is 0 Å². The molecular formula is C49H44I3N2O4-3. The number of imide groups is 2. The van der Waals surface area contributed by atoms with E-state index in [0.29, 0.717) is 38.7 Å². The molecule has 6 nitrogen and oxygen atoms in total. The molecule has 2 heterocycles. The van der Waals surface area contributed by atoms with Gasteiger partial charge in [-0.25, -0.2) is 0 Å². The van der Waals surface area contributed by atoms with E-state index in [-0.39, 0.29) is 87.2 Å². The molecule has 0 bridgehead atoms. The zero-order valence-corrected chi connectivity index (χ0v) is 39.6. The molecule has 0 radical (unpaired) electrons. The summed E-state index contributed by atoms with van der Waals surface area (Å²) in [4.78, 5) is 61.5. The third kappa shape index (κ3) is 6.52. The van der Waals surface area contributed by atoms with Crippen molar-refractivity contribution in [3.63, 3.8) is 0 Å². The minimum absolute atomic E-state index is 0.221. The van der Waals surface area contributed by atoms with Gasteiger partial charge >= 0.3 is 374 Å². The fourth-order valence-electron chi connectivity index (χ4n) is 8.38. The van der Waals surface area contributed by atoms with Crippen LogP contribution in [0, 0.1) is 17.6 Å².